The molecule has 1 aliphatic heterocycles. The number of ether oxygens (including phenoxy) is 3. The van der Waals surface area contributed by atoms with E-state index in [1.54, 1.807) is 7.11 Å². The minimum absolute atomic E-state index is 0.0110. The Balaban J connectivity index is 0.000000606. The van der Waals surface area contributed by atoms with Crippen molar-refractivity contribution in [3.05, 3.63) is 0 Å². The summed E-state index contributed by atoms with van der Waals surface area (Å²) in [4.78, 5) is 11.2. The van der Waals surface area contributed by atoms with Crippen molar-refractivity contribution in [3.63, 3.8) is 0 Å². The summed E-state index contributed by atoms with van der Waals surface area (Å²) in [5.74, 6) is 0.140. The van der Waals surface area contributed by atoms with E-state index in [2.05, 4.69) is 0 Å². The highest BCUT2D eigenvalue weighted by molar-refractivity contribution is 6.03. The molecule has 0 spiro atoms. The van der Waals surface area contributed by atoms with Gasteiger partial charge in [-0.2, -0.15) is 0 Å². The summed E-state index contributed by atoms with van der Waals surface area (Å²) in [5.41, 5.74) is 0. The van der Waals surface area contributed by atoms with Gasteiger partial charge in [0.05, 0.1) is 12.0 Å². The standard InChI is InChI=1S/C10H16O4.C2H6/c1-3-4-13-7-5-6(12-2)8-9(11)10(8)14-7;1-2/h6-8,10H,3-5H2,1-2H3;1-2H3. The molecule has 1 heterocycles. The molecule has 0 radical (unpaired) electrons. The zero-order valence-electron chi connectivity index (χ0n) is 10.6. The van der Waals surface area contributed by atoms with Gasteiger partial charge in [-0.05, 0) is 6.42 Å². The number of methoxy groups -OCH3 is 1. The number of fused-ring (bicyclic) bond motifs is 1. The molecule has 0 amide bonds. The topological polar surface area (TPSA) is 44.8 Å². The lowest BCUT2D eigenvalue weighted by molar-refractivity contribution is -0.193. The molecule has 1 saturated carbocycles. The van der Waals surface area contributed by atoms with E-state index >= 15 is 0 Å². The fraction of sp³-hybridized carbons (Fsp3) is 0.917. The molecule has 0 aromatic carbocycles. The van der Waals surface area contributed by atoms with Crippen LogP contribution in [0.3, 0.4) is 0 Å². The molecular formula is C12H22O4. The minimum atomic E-state index is -0.257. The van der Waals surface area contributed by atoms with Crippen LogP contribution in [0.5, 0.6) is 0 Å². The van der Waals surface area contributed by atoms with Crippen molar-refractivity contribution >= 4 is 5.78 Å². The van der Waals surface area contributed by atoms with E-state index in [1.165, 1.54) is 0 Å². The lowest BCUT2D eigenvalue weighted by Gasteiger charge is -2.26. The van der Waals surface area contributed by atoms with Crippen molar-refractivity contribution in [2.24, 2.45) is 5.92 Å². The Morgan fingerprint density at radius 2 is 2.12 bits per heavy atom. The van der Waals surface area contributed by atoms with Gasteiger partial charge in [0.1, 0.15) is 6.10 Å². The maximum atomic E-state index is 11.2. The van der Waals surface area contributed by atoms with E-state index in [1.807, 2.05) is 20.8 Å². The predicted octanol–water partition coefficient (Wildman–Crippen LogP) is 1.77. The van der Waals surface area contributed by atoms with Crippen LogP contribution in [0.15, 0.2) is 0 Å². The van der Waals surface area contributed by atoms with Crippen LogP contribution in [0.25, 0.3) is 0 Å². The molecule has 4 nitrogen and oxygen atoms in total. The fourth-order valence-corrected chi connectivity index (χ4v) is 1.92. The van der Waals surface area contributed by atoms with E-state index in [0.29, 0.717) is 13.0 Å². The third-order valence-electron chi connectivity index (χ3n) is 2.76. The largest absolute Gasteiger partial charge is 0.380 e. The zero-order chi connectivity index (χ0) is 12.1. The van der Waals surface area contributed by atoms with Crippen molar-refractivity contribution in [1.29, 1.82) is 0 Å². The van der Waals surface area contributed by atoms with E-state index < -0.39 is 0 Å². The summed E-state index contributed by atoms with van der Waals surface area (Å²) in [6.45, 7) is 6.72. The lowest BCUT2D eigenvalue weighted by atomic mass is 10.1. The molecule has 4 atom stereocenters. The molecule has 2 rings (SSSR count). The van der Waals surface area contributed by atoms with Gasteiger partial charge in [-0.1, -0.05) is 20.8 Å². The molecule has 2 aliphatic rings. The zero-order valence-corrected chi connectivity index (χ0v) is 10.6. The van der Waals surface area contributed by atoms with Gasteiger partial charge in [-0.25, -0.2) is 0 Å². The second kappa shape index (κ2) is 6.33. The maximum absolute atomic E-state index is 11.2. The number of Topliss-reactive ketones (excluding diaryl/α,β-unsaturated/α-hetero) is 1. The van der Waals surface area contributed by atoms with Gasteiger partial charge in [0.25, 0.3) is 0 Å². The summed E-state index contributed by atoms with van der Waals surface area (Å²) < 4.78 is 16.2. The summed E-state index contributed by atoms with van der Waals surface area (Å²) >= 11 is 0. The smallest absolute Gasteiger partial charge is 0.171 e. The number of carbonyl (C=O) groups is 1. The second-order valence-corrected chi connectivity index (χ2v) is 3.80. The quantitative estimate of drug-likeness (QED) is 0.738. The van der Waals surface area contributed by atoms with Crippen LogP contribution in [0, 0.1) is 5.92 Å². The van der Waals surface area contributed by atoms with Crippen molar-refractivity contribution in [3.8, 4) is 0 Å². The highest BCUT2D eigenvalue weighted by Crippen LogP contribution is 2.41. The Bertz CT molecular complexity index is 229. The Kier molecular flexibility index (Phi) is 5.38. The van der Waals surface area contributed by atoms with Gasteiger partial charge in [0.15, 0.2) is 12.1 Å². The lowest BCUT2D eigenvalue weighted by Crippen LogP contribution is -2.33. The van der Waals surface area contributed by atoms with Crippen molar-refractivity contribution in [2.75, 3.05) is 13.7 Å². The normalized spacial score (nSPS) is 36.1. The van der Waals surface area contributed by atoms with E-state index in [0.717, 1.165) is 6.42 Å². The van der Waals surface area contributed by atoms with Crippen LogP contribution in [-0.4, -0.2) is 38.0 Å². The highest BCUT2D eigenvalue weighted by atomic mass is 16.7. The first-order valence-electron chi connectivity index (χ1n) is 6.11. The molecule has 16 heavy (non-hydrogen) atoms. The van der Waals surface area contributed by atoms with E-state index in [9.17, 15) is 4.79 Å². The molecule has 4 heteroatoms. The first kappa shape index (κ1) is 13.6. The van der Waals surface area contributed by atoms with Crippen LogP contribution in [-0.2, 0) is 19.0 Å². The summed E-state index contributed by atoms with van der Waals surface area (Å²) in [7, 11) is 1.63. The number of carbonyl (C=O) groups excluding carboxylic acids is 1. The number of rotatable bonds is 4. The average Bonchev–Trinajstić information content (AvgIpc) is 2.99. The van der Waals surface area contributed by atoms with Gasteiger partial charge in [-0.3, -0.25) is 4.79 Å². The van der Waals surface area contributed by atoms with Crippen LogP contribution in [0.2, 0.25) is 0 Å². The van der Waals surface area contributed by atoms with Crippen LogP contribution >= 0.6 is 0 Å². The van der Waals surface area contributed by atoms with Crippen LogP contribution in [0.1, 0.15) is 33.6 Å². The molecule has 4 unspecified atom stereocenters. The Hall–Kier alpha value is -0.450. The maximum Gasteiger partial charge on any atom is 0.171 e. The molecular weight excluding hydrogens is 208 g/mol. The van der Waals surface area contributed by atoms with Crippen molar-refractivity contribution < 1.29 is 19.0 Å². The van der Waals surface area contributed by atoms with Crippen LogP contribution in [0.4, 0.5) is 0 Å². The Labute approximate surface area is 97.2 Å². The third kappa shape index (κ3) is 2.81. The van der Waals surface area contributed by atoms with Gasteiger partial charge >= 0.3 is 0 Å². The van der Waals surface area contributed by atoms with Gasteiger partial charge in [0.2, 0.25) is 0 Å². The number of hydrogen-bond acceptors (Lipinski definition) is 4. The Morgan fingerprint density at radius 3 is 2.69 bits per heavy atom. The molecule has 0 aromatic heterocycles. The van der Waals surface area contributed by atoms with E-state index in [4.69, 9.17) is 14.2 Å². The van der Waals surface area contributed by atoms with Gasteiger partial charge in [-0.15, -0.1) is 0 Å². The number of hydrogen-bond donors (Lipinski definition) is 0. The molecule has 2 fully saturated rings. The molecule has 94 valence electrons. The molecule has 0 bridgehead atoms. The molecule has 0 aromatic rings. The average molecular weight is 230 g/mol. The predicted molar refractivity (Wildman–Crippen MR) is 60.2 cm³/mol. The minimum Gasteiger partial charge on any atom is -0.380 e. The van der Waals surface area contributed by atoms with Gasteiger partial charge in [0, 0.05) is 20.1 Å². The first-order chi connectivity index (χ1) is 7.77. The van der Waals surface area contributed by atoms with Gasteiger partial charge < -0.3 is 14.2 Å². The third-order valence-corrected chi connectivity index (χ3v) is 2.76. The highest BCUT2D eigenvalue weighted by Gasteiger charge is 2.59. The Morgan fingerprint density at radius 1 is 1.44 bits per heavy atom. The van der Waals surface area contributed by atoms with Crippen molar-refractivity contribution in [2.45, 2.75) is 52.1 Å². The second-order valence-electron chi connectivity index (χ2n) is 3.80. The molecule has 0 N–H and O–H groups in total. The van der Waals surface area contributed by atoms with Crippen LogP contribution < -0.4 is 0 Å². The summed E-state index contributed by atoms with van der Waals surface area (Å²) in [5, 5.41) is 0. The SMILES string of the molecule is CC.CCCOC1CC(OC)C2C(=O)C2O1. The van der Waals surface area contributed by atoms with E-state index in [-0.39, 0.29) is 30.2 Å². The van der Waals surface area contributed by atoms with Crippen molar-refractivity contribution in [1.82, 2.24) is 0 Å². The molecule has 1 aliphatic carbocycles. The monoisotopic (exact) mass is 230 g/mol. The first-order valence-corrected chi connectivity index (χ1v) is 6.11. The molecule has 1 saturated heterocycles. The number of ketones is 1. The fourth-order valence-electron chi connectivity index (χ4n) is 1.92. The summed E-state index contributed by atoms with van der Waals surface area (Å²) in [6, 6.07) is 0. The summed E-state index contributed by atoms with van der Waals surface area (Å²) in [6.07, 6.45) is 1.11.